The third kappa shape index (κ3) is 3.42. The maximum atomic E-state index is 10.7. The average Bonchev–Trinajstić information content (AvgIpc) is 2.94. The molecule has 9 atom stereocenters. The molecule has 0 aromatic heterocycles. The molecular weight excluding hydrogens is 344 g/mol. The van der Waals surface area contributed by atoms with Crippen LogP contribution in [0.15, 0.2) is 0 Å². The van der Waals surface area contributed by atoms with Gasteiger partial charge in [0.15, 0.2) is 0 Å². The Kier molecular flexibility index (Phi) is 6.73. The lowest BCUT2D eigenvalue weighted by Crippen LogP contribution is -2.71. The van der Waals surface area contributed by atoms with E-state index in [-0.39, 0.29) is 6.61 Å². The number of aliphatic hydroxyl groups excluding tert-OH is 7. The van der Waals surface area contributed by atoms with E-state index >= 15 is 0 Å². The van der Waals surface area contributed by atoms with Crippen molar-refractivity contribution in [2.75, 3.05) is 27.4 Å². The number of aliphatic hydroxyl groups is 7. The zero-order valence-corrected chi connectivity index (χ0v) is 13.9. The summed E-state index contributed by atoms with van der Waals surface area (Å²) in [5.41, 5.74) is 0. The average molecular weight is 370 g/mol. The van der Waals surface area contributed by atoms with Crippen LogP contribution in [0.5, 0.6) is 0 Å². The van der Waals surface area contributed by atoms with Gasteiger partial charge in [0.25, 0.3) is 0 Å². The van der Waals surface area contributed by atoms with Crippen molar-refractivity contribution in [3.05, 3.63) is 0 Å². The van der Waals surface area contributed by atoms with Crippen molar-refractivity contribution >= 4 is 0 Å². The minimum absolute atomic E-state index is 0.235. The van der Waals surface area contributed by atoms with Crippen LogP contribution in [0.1, 0.15) is 0 Å². The standard InChI is InChI=1S/C14H26O11/c1-22-14(23-2,12(21)11-7(17)5(16)4-24-11)13-10(20)9(19)8(18)6(3-15)25-13/h5-13,15-21H,3-4H2,1-2H3/t5-,6-,7+,8+,9+,10-,11+,12-,13?/m1/s1. The van der Waals surface area contributed by atoms with Crippen LogP contribution in [-0.2, 0) is 18.9 Å². The zero-order valence-electron chi connectivity index (χ0n) is 13.9. The van der Waals surface area contributed by atoms with Crippen molar-refractivity contribution < 1.29 is 54.7 Å². The van der Waals surface area contributed by atoms with E-state index in [1.54, 1.807) is 0 Å². The minimum atomic E-state index is -2.14. The quantitative estimate of drug-likeness (QED) is 0.223. The molecule has 7 N–H and O–H groups in total. The van der Waals surface area contributed by atoms with Crippen molar-refractivity contribution in [3.63, 3.8) is 0 Å². The number of rotatable bonds is 6. The third-order valence-corrected chi connectivity index (χ3v) is 4.84. The molecule has 0 radical (unpaired) electrons. The molecule has 25 heavy (non-hydrogen) atoms. The summed E-state index contributed by atoms with van der Waals surface area (Å²) >= 11 is 0. The summed E-state index contributed by atoms with van der Waals surface area (Å²) in [5.74, 6) is -2.14. The first-order valence-electron chi connectivity index (χ1n) is 7.81. The topological polar surface area (TPSA) is 179 Å². The monoisotopic (exact) mass is 370 g/mol. The van der Waals surface area contributed by atoms with Gasteiger partial charge >= 0.3 is 0 Å². The predicted molar refractivity (Wildman–Crippen MR) is 78.3 cm³/mol. The van der Waals surface area contributed by atoms with E-state index in [2.05, 4.69) is 0 Å². The van der Waals surface area contributed by atoms with Gasteiger partial charge in [0, 0.05) is 14.2 Å². The summed E-state index contributed by atoms with van der Waals surface area (Å²) in [6, 6.07) is 0. The van der Waals surface area contributed by atoms with E-state index in [4.69, 9.17) is 18.9 Å². The van der Waals surface area contributed by atoms with Gasteiger partial charge in [-0.3, -0.25) is 0 Å². The van der Waals surface area contributed by atoms with Gasteiger partial charge in [0.1, 0.15) is 54.9 Å². The second-order valence-corrected chi connectivity index (χ2v) is 6.18. The number of methoxy groups -OCH3 is 2. The van der Waals surface area contributed by atoms with E-state index in [1.165, 1.54) is 0 Å². The summed E-state index contributed by atoms with van der Waals surface area (Å²) in [5, 5.41) is 69.7. The van der Waals surface area contributed by atoms with E-state index < -0.39 is 67.3 Å². The molecule has 2 fully saturated rings. The van der Waals surface area contributed by atoms with Crippen LogP contribution >= 0.6 is 0 Å². The zero-order chi connectivity index (χ0) is 18.9. The van der Waals surface area contributed by atoms with Crippen LogP contribution in [0, 0.1) is 0 Å². The molecule has 0 spiro atoms. The fraction of sp³-hybridized carbons (Fsp3) is 1.00. The fourth-order valence-electron chi connectivity index (χ4n) is 3.29. The normalized spacial score (nSPS) is 44.0. The molecule has 11 heteroatoms. The molecule has 11 nitrogen and oxygen atoms in total. The van der Waals surface area contributed by atoms with E-state index in [0.29, 0.717) is 0 Å². The molecule has 2 saturated heterocycles. The molecule has 0 aromatic rings. The van der Waals surface area contributed by atoms with Gasteiger partial charge in [0.05, 0.1) is 13.2 Å². The highest BCUT2D eigenvalue weighted by atomic mass is 16.7. The molecule has 1 unspecified atom stereocenters. The lowest BCUT2D eigenvalue weighted by molar-refractivity contribution is -0.369. The van der Waals surface area contributed by atoms with Crippen LogP contribution in [-0.4, -0.2) is 124 Å². The predicted octanol–water partition coefficient (Wildman–Crippen LogP) is -4.70. The van der Waals surface area contributed by atoms with Gasteiger partial charge < -0.3 is 54.7 Å². The van der Waals surface area contributed by atoms with Gasteiger partial charge in [-0.2, -0.15) is 0 Å². The molecular formula is C14H26O11. The van der Waals surface area contributed by atoms with Crippen LogP contribution in [0.2, 0.25) is 0 Å². The molecule has 0 aromatic carbocycles. The van der Waals surface area contributed by atoms with Crippen molar-refractivity contribution in [2.45, 2.75) is 60.7 Å². The molecule has 148 valence electrons. The Balaban J connectivity index is 2.34. The Morgan fingerprint density at radius 2 is 1.60 bits per heavy atom. The summed E-state index contributed by atoms with van der Waals surface area (Å²) in [7, 11) is 2.26. The van der Waals surface area contributed by atoms with Gasteiger partial charge in [-0.15, -0.1) is 0 Å². The van der Waals surface area contributed by atoms with Crippen LogP contribution in [0.3, 0.4) is 0 Å². The Morgan fingerprint density at radius 1 is 1.00 bits per heavy atom. The first-order chi connectivity index (χ1) is 11.7. The highest BCUT2D eigenvalue weighted by molar-refractivity contribution is 5.05. The molecule has 0 aliphatic carbocycles. The Hall–Kier alpha value is -0.440. The largest absolute Gasteiger partial charge is 0.394 e. The number of ether oxygens (including phenoxy) is 4. The molecule has 0 saturated carbocycles. The highest BCUT2D eigenvalue weighted by Gasteiger charge is 2.60. The van der Waals surface area contributed by atoms with E-state index in [9.17, 15) is 35.7 Å². The van der Waals surface area contributed by atoms with Crippen molar-refractivity contribution in [3.8, 4) is 0 Å². The second kappa shape index (κ2) is 8.06. The van der Waals surface area contributed by atoms with Gasteiger partial charge in [-0.1, -0.05) is 0 Å². The smallest absolute Gasteiger partial charge is 0.226 e. The van der Waals surface area contributed by atoms with E-state index in [1.807, 2.05) is 0 Å². The van der Waals surface area contributed by atoms with Crippen molar-refractivity contribution in [2.24, 2.45) is 0 Å². The Bertz CT molecular complexity index is 429. The van der Waals surface area contributed by atoms with Crippen molar-refractivity contribution in [1.29, 1.82) is 0 Å². The molecule has 2 rings (SSSR count). The summed E-state index contributed by atoms with van der Waals surface area (Å²) in [6.45, 7) is -0.913. The SMILES string of the molecule is COC(OC)(C1O[C@H](CO)[C@H](O)[C@H](O)[C@H]1O)[C@H](O)[C@H]1OC[C@@H](O)[C@@H]1O. The molecule has 2 heterocycles. The van der Waals surface area contributed by atoms with Gasteiger partial charge in [-0.05, 0) is 0 Å². The second-order valence-electron chi connectivity index (χ2n) is 6.18. The molecule has 2 aliphatic heterocycles. The maximum absolute atomic E-state index is 10.7. The highest BCUT2D eigenvalue weighted by Crippen LogP contribution is 2.36. The van der Waals surface area contributed by atoms with Crippen molar-refractivity contribution in [1.82, 2.24) is 0 Å². The molecule has 0 bridgehead atoms. The summed E-state index contributed by atoms with van der Waals surface area (Å²) in [6.07, 6.45) is -13.6. The fourth-order valence-corrected chi connectivity index (χ4v) is 3.29. The number of hydrogen-bond acceptors (Lipinski definition) is 11. The Labute approximate surface area is 143 Å². The third-order valence-electron chi connectivity index (χ3n) is 4.84. The van der Waals surface area contributed by atoms with E-state index in [0.717, 1.165) is 14.2 Å². The summed E-state index contributed by atoms with van der Waals surface area (Å²) < 4.78 is 21.0. The van der Waals surface area contributed by atoms with Gasteiger partial charge in [0.2, 0.25) is 5.79 Å². The molecule has 0 amide bonds. The maximum Gasteiger partial charge on any atom is 0.226 e. The first kappa shape index (κ1) is 20.9. The minimum Gasteiger partial charge on any atom is -0.394 e. The lowest BCUT2D eigenvalue weighted by atomic mass is 9.85. The molecule has 2 aliphatic rings. The van der Waals surface area contributed by atoms with Crippen LogP contribution < -0.4 is 0 Å². The lowest BCUT2D eigenvalue weighted by Gasteiger charge is -2.49. The van der Waals surface area contributed by atoms with Gasteiger partial charge in [-0.25, -0.2) is 0 Å². The van der Waals surface area contributed by atoms with Crippen LogP contribution in [0.4, 0.5) is 0 Å². The Morgan fingerprint density at radius 3 is 2.04 bits per heavy atom. The number of hydrogen-bond donors (Lipinski definition) is 7. The van der Waals surface area contributed by atoms with Crippen LogP contribution in [0.25, 0.3) is 0 Å². The summed E-state index contributed by atoms with van der Waals surface area (Å²) in [4.78, 5) is 0. The first-order valence-corrected chi connectivity index (χ1v) is 7.81.